The van der Waals surface area contributed by atoms with Gasteiger partial charge in [-0.25, -0.2) is 0 Å². The molecule has 3 rings (SSSR count). The van der Waals surface area contributed by atoms with Crippen LogP contribution in [0.1, 0.15) is 37.2 Å². The number of carbonyl (C=O) groups is 1. The molecule has 1 saturated heterocycles. The molecule has 0 bridgehead atoms. The van der Waals surface area contributed by atoms with Gasteiger partial charge < -0.3 is 14.9 Å². The third-order valence-electron chi connectivity index (χ3n) is 4.83. The maximum atomic E-state index is 12.5. The number of aliphatic hydroxyl groups is 1. The highest BCUT2D eigenvalue weighted by Gasteiger charge is 2.29. The Morgan fingerprint density at radius 2 is 1.92 bits per heavy atom. The van der Waals surface area contributed by atoms with E-state index in [2.05, 4.69) is 4.90 Å². The highest BCUT2D eigenvalue weighted by Crippen LogP contribution is 2.26. The highest BCUT2D eigenvalue weighted by molar-refractivity contribution is 7.10. The van der Waals surface area contributed by atoms with E-state index in [9.17, 15) is 9.90 Å². The Hall–Kier alpha value is -1.40. The number of benzene rings is 1. The second kappa shape index (κ2) is 10.1. The molecule has 1 atom stereocenters. The van der Waals surface area contributed by atoms with Gasteiger partial charge in [-0.3, -0.25) is 4.79 Å². The van der Waals surface area contributed by atoms with Crippen molar-refractivity contribution in [2.75, 3.05) is 24.5 Å². The normalized spacial score (nSPS) is 16.7. The molecule has 0 saturated carbocycles. The van der Waals surface area contributed by atoms with Crippen molar-refractivity contribution in [2.45, 2.75) is 38.3 Å². The summed E-state index contributed by atoms with van der Waals surface area (Å²) in [5.41, 5.74) is 0.992. The molecule has 0 aliphatic carbocycles. The lowest BCUT2D eigenvalue weighted by Gasteiger charge is -2.39. The fourth-order valence-corrected chi connectivity index (χ4v) is 4.20. The number of aliphatic hydroxyl groups excluding tert-OH is 1. The number of rotatable bonds is 6. The third-order valence-corrected chi connectivity index (χ3v) is 5.80. The average Bonchev–Trinajstić information content (AvgIpc) is 3.19. The Morgan fingerprint density at radius 1 is 1.23 bits per heavy atom. The summed E-state index contributed by atoms with van der Waals surface area (Å²) >= 11 is 1.60. The van der Waals surface area contributed by atoms with Gasteiger partial charge in [0.15, 0.2) is 0 Å². The molecular weight excluding hydrogens is 368 g/mol. The number of amides is 1. The van der Waals surface area contributed by atoms with E-state index in [1.807, 2.05) is 59.7 Å². The summed E-state index contributed by atoms with van der Waals surface area (Å²) < 4.78 is 0. The molecule has 1 aliphatic rings. The van der Waals surface area contributed by atoms with Gasteiger partial charge in [-0.1, -0.05) is 31.2 Å². The number of nitrogens with zero attached hydrogens (tertiary/aromatic N) is 2. The van der Waals surface area contributed by atoms with Gasteiger partial charge in [-0.05, 0) is 36.4 Å². The summed E-state index contributed by atoms with van der Waals surface area (Å²) in [6.45, 7) is 4.41. The maximum absolute atomic E-state index is 12.5. The van der Waals surface area contributed by atoms with E-state index in [-0.39, 0.29) is 24.4 Å². The monoisotopic (exact) mass is 394 g/mol. The quantitative estimate of drug-likeness (QED) is 0.801. The van der Waals surface area contributed by atoms with Crippen LogP contribution < -0.4 is 4.90 Å². The van der Waals surface area contributed by atoms with E-state index < -0.39 is 6.10 Å². The second-order valence-corrected chi connectivity index (χ2v) is 7.50. The SMILES string of the molecule is CCC(=O)N(c1ccccc1)C1CCN(CC(O)c2cccs2)CC1.Cl. The number of para-hydroxylation sites is 1. The first kappa shape index (κ1) is 20.9. The minimum atomic E-state index is -0.418. The van der Waals surface area contributed by atoms with Gasteiger partial charge in [0, 0.05) is 42.7 Å². The van der Waals surface area contributed by atoms with Crippen LogP contribution in [0, 0.1) is 0 Å². The summed E-state index contributed by atoms with van der Waals surface area (Å²) in [7, 11) is 0. The van der Waals surface area contributed by atoms with Crippen LogP contribution in [0.3, 0.4) is 0 Å². The predicted molar refractivity (Wildman–Crippen MR) is 110 cm³/mol. The molecule has 1 aliphatic heterocycles. The number of hydrogen-bond donors (Lipinski definition) is 1. The van der Waals surface area contributed by atoms with Crippen molar-refractivity contribution >= 4 is 35.3 Å². The Labute approximate surface area is 165 Å². The van der Waals surface area contributed by atoms with E-state index in [0.717, 1.165) is 36.5 Å². The number of hydrogen-bond acceptors (Lipinski definition) is 4. The van der Waals surface area contributed by atoms with Gasteiger partial charge in [0.2, 0.25) is 5.91 Å². The van der Waals surface area contributed by atoms with E-state index in [0.29, 0.717) is 13.0 Å². The lowest BCUT2D eigenvalue weighted by molar-refractivity contribution is -0.119. The molecule has 4 nitrogen and oxygen atoms in total. The summed E-state index contributed by atoms with van der Waals surface area (Å²) in [5, 5.41) is 12.3. The minimum Gasteiger partial charge on any atom is -0.386 e. The van der Waals surface area contributed by atoms with E-state index in [4.69, 9.17) is 0 Å². The molecule has 1 unspecified atom stereocenters. The fourth-order valence-electron chi connectivity index (χ4n) is 3.49. The average molecular weight is 395 g/mol. The molecule has 142 valence electrons. The van der Waals surface area contributed by atoms with Gasteiger partial charge in [0.25, 0.3) is 0 Å². The standard InChI is InChI=1S/C20H26N2O2S.ClH/c1-2-20(24)22(16-7-4-3-5-8-16)17-10-12-21(13-11-17)15-18(23)19-9-6-14-25-19;/h3-9,14,17-18,23H,2,10-13,15H2,1H3;1H. The smallest absolute Gasteiger partial charge is 0.226 e. The first-order valence-corrected chi connectivity index (χ1v) is 9.88. The van der Waals surface area contributed by atoms with Crippen molar-refractivity contribution in [3.63, 3.8) is 0 Å². The van der Waals surface area contributed by atoms with Crippen LogP contribution in [0.25, 0.3) is 0 Å². The van der Waals surface area contributed by atoms with Crippen LogP contribution in [0.2, 0.25) is 0 Å². The van der Waals surface area contributed by atoms with E-state index in [1.165, 1.54) is 0 Å². The predicted octanol–water partition coefficient (Wildman–Crippen LogP) is 4.11. The van der Waals surface area contributed by atoms with Crippen LogP contribution in [0.15, 0.2) is 47.8 Å². The molecule has 0 spiro atoms. The molecule has 6 heteroatoms. The van der Waals surface area contributed by atoms with Crippen molar-refractivity contribution in [3.8, 4) is 0 Å². The lowest BCUT2D eigenvalue weighted by atomic mass is 10.0. The first-order valence-electron chi connectivity index (χ1n) is 9.00. The molecule has 1 aromatic carbocycles. The number of anilines is 1. The number of thiophene rings is 1. The number of carbonyl (C=O) groups excluding carboxylic acids is 1. The van der Waals surface area contributed by atoms with Crippen LogP contribution in [-0.4, -0.2) is 41.6 Å². The highest BCUT2D eigenvalue weighted by atomic mass is 35.5. The zero-order valence-electron chi connectivity index (χ0n) is 15.1. The summed E-state index contributed by atoms with van der Waals surface area (Å²) in [6.07, 6.45) is 1.99. The third kappa shape index (κ3) is 5.07. The fraction of sp³-hybridized carbons (Fsp3) is 0.450. The molecule has 2 aromatic rings. The van der Waals surface area contributed by atoms with Gasteiger partial charge in [0.05, 0.1) is 0 Å². The summed E-state index contributed by atoms with van der Waals surface area (Å²) in [5.74, 6) is 0.184. The summed E-state index contributed by atoms with van der Waals surface area (Å²) in [4.78, 5) is 17.8. The minimum absolute atomic E-state index is 0. The number of halogens is 1. The molecule has 1 N–H and O–H groups in total. The topological polar surface area (TPSA) is 43.8 Å². The van der Waals surface area contributed by atoms with Crippen molar-refractivity contribution in [3.05, 3.63) is 52.7 Å². The molecule has 0 radical (unpaired) electrons. The molecule has 1 fully saturated rings. The van der Waals surface area contributed by atoms with Crippen LogP contribution in [0.5, 0.6) is 0 Å². The van der Waals surface area contributed by atoms with Gasteiger partial charge in [-0.15, -0.1) is 23.7 Å². The number of β-amino-alcohol motifs (C(OH)–C–C–N with tert-alkyl or cyclic N) is 1. The van der Waals surface area contributed by atoms with Crippen molar-refractivity contribution in [1.29, 1.82) is 0 Å². The van der Waals surface area contributed by atoms with Crippen LogP contribution in [-0.2, 0) is 4.79 Å². The molecule has 2 heterocycles. The van der Waals surface area contributed by atoms with Gasteiger partial charge >= 0.3 is 0 Å². The van der Waals surface area contributed by atoms with Gasteiger partial charge in [0.1, 0.15) is 6.10 Å². The van der Waals surface area contributed by atoms with Crippen LogP contribution >= 0.6 is 23.7 Å². The first-order chi connectivity index (χ1) is 12.2. The van der Waals surface area contributed by atoms with Crippen molar-refractivity contribution < 1.29 is 9.90 Å². The zero-order chi connectivity index (χ0) is 17.6. The molecule has 1 aromatic heterocycles. The number of likely N-dealkylation sites (tertiary alicyclic amines) is 1. The zero-order valence-corrected chi connectivity index (χ0v) is 16.7. The summed E-state index contributed by atoms with van der Waals surface area (Å²) in [6, 6.07) is 14.2. The second-order valence-electron chi connectivity index (χ2n) is 6.52. The Kier molecular flexibility index (Phi) is 8.10. The van der Waals surface area contributed by atoms with Crippen LogP contribution in [0.4, 0.5) is 5.69 Å². The Balaban J connectivity index is 0.00000243. The lowest BCUT2D eigenvalue weighted by Crippen LogP contribution is -2.48. The Bertz CT molecular complexity index is 658. The van der Waals surface area contributed by atoms with E-state index >= 15 is 0 Å². The molecular formula is C20H27ClN2O2S. The Morgan fingerprint density at radius 3 is 2.50 bits per heavy atom. The van der Waals surface area contributed by atoms with E-state index in [1.54, 1.807) is 11.3 Å². The largest absolute Gasteiger partial charge is 0.386 e. The maximum Gasteiger partial charge on any atom is 0.226 e. The van der Waals surface area contributed by atoms with Crippen molar-refractivity contribution in [2.24, 2.45) is 0 Å². The molecule has 26 heavy (non-hydrogen) atoms. The number of piperidine rings is 1. The van der Waals surface area contributed by atoms with Gasteiger partial charge in [-0.2, -0.15) is 0 Å². The van der Waals surface area contributed by atoms with Crippen molar-refractivity contribution in [1.82, 2.24) is 4.90 Å². The molecule has 1 amide bonds.